The first-order valence-corrected chi connectivity index (χ1v) is 9.28. The smallest absolute Gasteiger partial charge is 0.444 e. The molecule has 0 bridgehead atoms. The molecule has 0 aromatic heterocycles. The lowest BCUT2D eigenvalue weighted by atomic mass is 10.1. The van der Waals surface area contributed by atoms with Gasteiger partial charge in [0.25, 0.3) is 0 Å². The Labute approximate surface area is 167 Å². The minimum Gasteiger partial charge on any atom is -0.444 e. The van der Waals surface area contributed by atoms with Gasteiger partial charge in [-0.3, -0.25) is 4.79 Å². The molecule has 1 fully saturated rings. The molecule has 1 aromatic carbocycles. The number of likely N-dealkylation sites (tertiary alicyclic amines) is 1. The van der Waals surface area contributed by atoms with E-state index in [1.807, 2.05) is 0 Å². The van der Waals surface area contributed by atoms with Gasteiger partial charge in [0.15, 0.2) is 0 Å². The normalized spacial score (nSPS) is 17.4. The number of rotatable bonds is 5. The Balaban J connectivity index is 1.80. The molecule has 10 heteroatoms. The molecule has 1 atom stereocenters. The zero-order valence-electron chi connectivity index (χ0n) is 16.6. The molecule has 2 rings (SSSR count). The number of ether oxygens (including phenoxy) is 2. The summed E-state index contributed by atoms with van der Waals surface area (Å²) < 4.78 is 45.6. The molecule has 1 aliphatic heterocycles. The van der Waals surface area contributed by atoms with Gasteiger partial charge in [-0.1, -0.05) is 0 Å². The van der Waals surface area contributed by atoms with Gasteiger partial charge in [0, 0.05) is 24.8 Å². The number of carbonyl (C=O) groups excluding carboxylic acids is 2. The zero-order chi connectivity index (χ0) is 21.7. The Morgan fingerprint density at radius 1 is 1.17 bits per heavy atom. The van der Waals surface area contributed by atoms with Crippen LogP contribution in [0.25, 0.3) is 0 Å². The van der Waals surface area contributed by atoms with E-state index in [4.69, 9.17) is 4.74 Å². The number of amides is 2. The number of nitrogens with one attached hydrogen (secondary N) is 2. The van der Waals surface area contributed by atoms with Crippen molar-refractivity contribution in [1.82, 2.24) is 10.2 Å². The summed E-state index contributed by atoms with van der Waals surface area (Å²) in [6.45, 7) is 6.26. The van der Waals surface area contributed by atoms with E-state index in [-0.39, 0.29) is 24.2 Å². The van der Waals surface area contributed by atoms with Crippen LogP contribution in [0, 0.1) is 0 Å². The van der Waals surface area contributed by atoms with Crippen molar-refractivity contribution in [3.05, 3.63) is 24.3 Å². The average molecular weight is 417 g/mol. The molecule has 0 spiro atoms. The van der Waals surface area contributed by atoms with E-state index in [1.54, 1.807) is 25.7 Å². The number of hydrogen-bond acceptors (Lipinski definition) is 5. The summed E-state index contributed by atoms with van der Waals surface area (Å²) in [4.78, 5) is 26.0. The van der Waals surface area contributed by atoms with E-state index in [0.29, 0.717) is 18.8 Å². The van der Waals surface area contributed by atoms with Gasteiger partial charge >= 0.3 is 12.5 Å². The van der Waals surface area contributed by atoms with Gasteiger partial charge in [-0.15, -0.1) is 13.2 Å². The Kier molecular flexibility index (Phi) is 7.21. The maximum absolute atomic E-state index is 12.4. The largest absolute Gasteiger partial charge is 0.573 e. The molecule has 2 N–H and O–H groups in total. The summed E-state index contributed by atoms with van der Waals surface area (Å²) in [7, 11) is 0. The van der Waals surface area contributed by atoms with Crippen LogP contribution < -0.4 is 15.4 Å². The molecule has 0 aliphatic carbocycles. The predicted octanol–water partition coefficient (Wildman–Crippen LogP) is 3.51. The fourth-order valence-corrected chi connectivity index (χ4v) is 2.86. The highest BCUT2D eigenvalue weighted by Gasteiger charge is 2.31. The summed E-state index contributed by atoms with van der Waals surface area (Å²) in [5.74, 6) is -0.502. The Bertz CT molecular complexity index is 702. The zero-order valence-corrected chi connectivity index (χ0v) is 16.6. The van der Waals surface area contributed by atoms with E-state index in [2.05, 4.69) is 15.4 Å². The van der Waals surface area contributed by atoms with Crippen LogP contribution >= 0.6 is 0 Å². The lowest BCUT2D eigenvalue weighted by Crippen LogP contribution is -2.51. The van der Waals surface area contributed by atoms with Crippen molar-refractivity contribution in [2.45, 2.75) is 51.6 Å². The van der Waals surface area contributed by atoms with Crippen molar-refractivity contribution >= 4 is 17.7 Å². The first kappa shape index (κ1) is 22.6. The van der Waals surface area contributed by atoms with Crippen molar-refractivity contribution in [2.24, 2.45) is 0 Å². The van der Waals surface area contributed by atoms with Gasteiger partial charge in [-0.05, 0) is 57.9 Å². The standard InChI is InChI=1S/C19H26F3N3O4/c1-18(2,3)29-17(27)24-14-5-4-10-25(12-14)16(26)11-23-13-6-8-15(9-7-13)28-19(20,21)22/h6-9,14,23H,4-5,10-12H2,1-3H3,(H,24,27). The third-order valence-electron chi connectivity index (χ3n) is 4.03. The first-order valence-electron chi connectivity index (χ1n) is 9.28. The summed E-state index contributed by atoms with van der Waals surface area (Å²) in [6, 6.07) is 4.94. The second kappa shape index (κ2) is 9.23. The second-order valence-electron chi connectivity index (χ2n) is 7.75. The molecule has 1 heterocycles. The Morgan fingerprint density at radius 3 is 2.41 bits per heavy atom. The number of halogens is 3. The fourth-order valence-electron chi connectivity index (χ4n) is 2.86. The predicted molar refractivity (Wildman–Crippen MR) is 101 cm³/mol. The lowest BCUT2D eigenvalue weighted by molar-refractivity contribution is -0.274. The summed E-state index contributed by atoms with van der Waals surface area (Å²) in [5, 5.41) is 5.66. The number of alkyl halides is 3. The molecule has 1 aromatic rings. The second-order valence-corrected chi connectivity index (χ2v) is 7.75. The lowest BCUT2D eigenvalue weighted by Gasteiger charge is -2.33. The molecule has 0 radical (unpaired) electrons. The van der Waals surface area contributed by atoms with Gasteiger partial charge in [0.05, 0.1) is 6.54 Å². The van der Waals surface area contributed by atoms with Gasteiger partial charge in [-0.2, -0.15) is 0 Å². The van der Waals surface area contributed by atoms with Crippen molar-refractivity contribution in [3.63, 3.8) is 0 Å². The highest BCUT2D eigenvalue weighted by Crippen LogP contribution is 2.24. The summed E-state index contributed by atoms with van der Waals surface area (Å²) >= 11 is 0. The van der Waals surface area contributed by atoms with Crippen molar-refractivity contribution in [1.29, 1.82) is 0 Å². The van der Waals surface area contributed by atoms with E-state index in [1.165, 1.54) is 24.3 Å². The van der Waals surface area contributed by atoms with Gasteiger partial charge < -0.3 is 25.0 Å². The van der Waals surface area contributed by atoms with Gasteiger partial charge in [0.2, 0.25) is 5.91 Å². The summed E-state index contributed by atoms with van der Waals surface area (Å²) in [5.41, 5.74) is -0.105. The first-order chi connectivity index (χ1) is 13.4. The number of benzene rings is 1. The van der Waals surface area contributed by atoms with Crippen molar-refractivity contribution in [2.75, 3.05) is 25.0 Å². The maximum atomic E-state index is 12.4. The third-order valence-corrected chi connectivity index (χ3v) is 4.03. The number of hydrogen-bond donors (Lipinski definition) is 2. The molecule has 1 saturated heterocycles. The molecule has 2 amide bonds. The fraction of sp³-hybridized carbons (Fsp3) is 0.579. The topological polar surface area (TPSA) is 79.9 Å². The number of carbonyl (C=O) groups is 2. The third kappa shape index (κ3) is 8.49. The summed E-state index contributed by atoms with van der Waals surface area (Å²) in [6.07, 6.45) is -3.77. The van der Waals surface area contributed by atoms with Crippen LogP contribution in [0.1, 0.15) is 33.6 Å². The highest BCUT2D eigenvalue weighted by atomic mass is 19.4. The van der Waals surface area contributed by atoms with Crippen LogP contribution in [0.3, 0.4) is 0 Å². The number of alkyl carbamates (subject to hydrolysis) is 1. The number of anilines is 1. The van der Waals surface area contributed by atoms with E-state index >= 15 is 0 Å². The Hall–Kier alpha value is -2.65. The minimum absolute atomic E-state index is 0.0152. The van der Waals surface area contributed by atoms with Crippen LogP contribution in [-0.4, -0.2) is 54.5 Å². The molecular weight excluding hydrogens is 391 g/mol. The van der Waals surface area contributed by atoms with Crippen LogP contribution in [0.4, 0.5) is 23.7 Å². The van der Waals surface area contributed by atoms with Crippen molar-refractivity contribution in [3.8, 4) is 5.75 Å². The maximum Gasteiger partial charge on any atom is 0.573 e. The molecular formula is C19H26F3N3O4. The molecule has 7 nitrogen and oxygen atoms in total. The van der Waals surface area contributed by atoms with Crippen LogP contribution in [0.5, 0.6) is 5.75 Å². The number of nitrogens with zero attached hydrogens (tertiary/aromatic N) is 1. The molecule has 29 heavy (non-hydrogen) atoms. The average Bonchev–Trinajstić information content (AvgIpc) is 2.58. The van der Waals surface area contributed by atoms with E-state index in [0.717, 1.165) is 12.8 Å². The van der Waals surface area contributed by atoms with Gasteiger partial charge in [0.1, 0.15) is 11.4 Å². The monoisotopic (exact) mass is 417 g/mol. The molecule has 0 saturated carbocycles. The van der Waals surface area contributed by atoms with Crippen LogP contribution in [0.15, 0.2) is 24.3 Å². The molecule has 162 valence electrons. The SMILES string of the molecule is CC(C)(C)OC(=O)NC1CCCN(C(=O)CNc2ccc(OC(F)(F)F)cc2)C1. The van der Waals surface area contributed by atoms with E-state index < -0.39 is 18.1 Å². The highest BCUT2D eigenvalue weighted by molar-refractivity contribution is 5.81. The molecule has 1 unspecified atom stereocenters. The van der Waals surface area contributed by atoms with Crippen LogP contribution in [-0.2, 0) is 9.53 Å². The molecule has 1 aliphatic rings. The van der Waals surface area contributed by atoms with Gasteiger partial charge in [-0.25, -0.2) is 4.79 Å². The van der Waals surface area contributed by atoms with Crippen LogP contribution in [0.2, 0.25) is 0 Å². The Morgan fingerprint density at radius 2 is 1.83 bits per heavy atom. The quantitative estimate of drug-likeness (QED) is 0.767. The van der Waals surface area contributed by atoms with Crippen molar-refractivity contribution < 1.29 is 32.2 Å². The van der Waals surface area contributed by atoms with E-state index in [9.17, 15) is 22.8 Å². The minimum atomic E-state index is -4.75. The number of piperidine rings is 1.